The van der Waals surface area contributed by atoms with Crippen molar-refractivity contribution in [1.82, 2.24) is 10.3 Å². The maximum Gasteiger partial charge on any atom is 0.320 e. The van der Waals surface area contributed by atoms with E-state index in [0.29, 0.717) is 16.8 Å². The fourth-order valence-corrected chi connectivity index (χ4v) is 1.56. The zero-order valence-corrected chi connectivity index (χ0v) is 10.4. The number of carboxylic acids is 1. The molecule has 0 bridgehead atoms. The fourth-order valence-electron chi connectivity index (χ4n) is 1.56. The normalized spacial score (nSPS) is 12.2. The van der Waals surface area contributed by atoms with E-state index in [9.17, 15) is 14.9 Å². The van der Waals surface area contributed by atoms with Gasteiger partial charge in [-0.25, -0.2) is 0 Å². The third-order valence-electron chi connectivity index (χ3n) is 2.70. The van der Waals surface area contributed by atoms with Gasteiger partial charge < -0.3 is 5.11 Å². The lowest BCUT2D eigenvalue weighted by Crippen LogP contribution is -2.33. The molecule has 1 rings (SSSR count). The second-order valence-corrected chi connectivity index (χ2v) is 4.06. The molecule has 0 aliphatic rings. The van der Waals surface area contributed by atoms with Gasteiger partial charge in [0.15, 0.2) is 0 Å². The monoisotopic (exact) mass is 253 g/mol. The van der Waals surface area contributed by atoms with E-state index in [2.05, 4.69) is 10.3 Å². The van der Waals surface area contributed by atoms with Gasteiger partial charge in [-0.3, -0.25) is 25.2 Å². The van der Waals surface area contributed by atoms with Gasteiger partial charge in [0.25, 0.3) is 5.69 Å². The molecule has 0 unspecified atom stereocenters. The highest BCUT2D eigenvalue weighted by Crippen LogP contribution is 2.23. The van der Waals surface area contributed by atoms with Crippen LogP contribution in [-0.4, -0.2) is 27.0 Å². The molecule has 0 fully saturated rings. The third kappa shape index (κ3) is 3.01. The zero-order valence-electron chi connectivity index (χ0n) is 10.4. The van der Waals surface area contributed by atoms with Crippen molar-refractivity contribution in [3.8, 4) is 0 Å². The molecule has 7 heteroatoms. The number of rotatable bonds is 5. The molecule has 2 N–H and O–H groups in total. The first kappa shape index (κ1) is 14.0. The molecule has 0 spiro atoms. The molecule has 1 aromatic rings. The average molecular weight is 253 g/mol. The summed E-state index contributed by atoms with van der Waals surface area (Å²) in [6.07, 6.45) is 1.42. The van der Waals surface area contributed by atoms with Gasteiger partial charge in [-0.1, -0.05) is 0 Å². The number of aromatic nitrogens is 1. The first-order valence-corrected chi connectivity index (χ1v) is 5.40. The Morgan fingerprint density at radius 3 is 2.72 bits per heavy atom. The molecule has 7 nitrogen and oxygen atoms in total. The molecule has 98 valence electrons. The summed E-state index contributed by atoms with van der Waals surface area (Å²) in [7, 11) is 0. The number of pyridine rings is 1. The van der Waals surface area contributed by atoms with Gasteiger partial charge in [0.1, 0.15) is 6.04 Å². The topological polar surface area (TPSA) is 105 Å². The minimum Gasteiger partial charge on any atom is -0.480 e. The number of carbonyl (C=O) groups is 1. The molecular formula is C11H15N3O4. The van der Waals surface area contributed by atoms with Crippen molar-refractivity contribution in [2.24, 2.45) is 0 Å². The van der Waals surface area contributed by atoms with Crippen LogP contribution < -0.4 is 5.32 Å². The summed E-state index contributed by atoms with van der Waals surface area (Å²) in [4.78, 5) is 25.2. The van der Waals surface area contributed by atoms with Crippen molar-refractivity contribution in [1.29, 1.82) is 0 Å². The first-order chi connectivity index (χ1) is 8.34. The summed E-state index contributed by atoms with van der Waals surface area (Å²) in [6, 6.07) is -0.730. The van der Waals surface area contributed by atoms with Crippen LogP contribution in [0.5, 0.6) is 0 Å². The Hall–Kier alpha value is -2.02. The maximum atomic E-state index is 10.9. The molecule has 0 aliphatic heterocycles. The van der Waals surface area contributed by atoms with E-state index in [1.165, 1.54) is 13.1 Å². The quantitative estimate of drug-likeness (QED) is 0.602. The number of nitrogens with zero attached hydrogens (tertiary/aromatic N) is 2. The minimum atomic E-state index is -0.978. The van der Waals surface area contributed by atoms with E-state index in [0.717, 1.165) is 0 Å². The molecule has 0 radical (unpaired) electrons. The van der Waals surface area contributed by atoms with E-state index < -0.39 is 16.9 Å². The van der Waals surface area contributed by atoms with Crippen LogP contribution in [0.2, 0.25) is 0 Å². The highest BCUT2D eigenvalue weighted by atomic mass is 16.6. The largest absolute Gasteiger partial charge is 0.480 e. The third-order valence-corrected chi connectivity index (χ3v) is 2.70. The van der Waals surface area contributed by atoms with Gasteiger partial charge in [0.2, 0.25) is 0 Å². The number of nitrogens with one attached hydrogen (secondary N) is 1. The van der Waals surface area contributed by atoms with Crippen LogP contribution in [0.15, 0.2) is 6.20 Å². The number of nitro groups is 1. The summed E-state index contributed by atoms with van der Waals surface area (Å²) >= 11 is 0. The summed E-state index contributed by atoms with van der Waals surface area (Å²) in [6.45, 7) is 4.91. The molecule has 0 aromatic carbocycles. The van der Waals surface area contributed by atoms with Crippen molar-refractivity contribution in [2.45, 2.75) is 33.4 Å². The summed E-state index contributed by atoms with van der Waals surface area (Å²) < 4.78 is 0. The number of hydrogen-bond donors (Lipinski definition) is 2. The standard InChI is InChI=1S/C11H15N3O4/c1-6-4-13-9(5-12-8(3)11(15)16)7(2)10(6)14(17)18/h4,8,12H,5H2,1-3H3,(H,15,16)/t8-/m0/s1. The molecule has 0 saturated heterocycles. The maximum absolute atomic E-state index is 10.9. The fraction of sp³-hybridized carbons (Fsp3) is 0.455. The van der Waals surface area contributed by atoms with Gasteiger partial charge in [0.05, 0.1) is 10.6 Å². The van der Waals surface area contributed by atoms with Crippen molar-refractivity contribution in [3.63, 3.8) is 0 Å². The van der Waals surface area contributed by atoms with Crippen LogP contribution in [-0.2, 0) is 11.3 Å². The van der Waals surface area contributed by atoms with Gasteiger partial charge >= 0.3 is 5.97 Å². The lowest BCUT2D eigenvalue weighted by molar-refractivity contribution is -0.386. The highest BCUT2D eigenvalue weighted by Gasteiger charge is 2.19. The van der Waals surface area contributed by atoms with E-state index in [1.807, 2.05) is 0 Å². The molecule has 0 saturated carbocycles. The number of aliphatic carboxylic acids is 1. The van der Waals surface area contributed by atoms with Crippen molar-refractivity contribution in [2.75, 3.05) is 0 Å². The summed E-state index contributed by atoms with van der Waals surface area (Å²) in [5, 5.41) is 22.4. The predicted octanol–water partition coefficient (Wildman–Crippen LogP) is 1.17. The van der Waals surface area contributed by atoms with Crippen molar-refractivity contribution >= 4 is 11.7 Å². The molecule has 1 atom stereocenters. The Kier molecular flexibility index (Phi) is 4.33. The van der Waals surface area contributed by atoms with Crippen LogP contribution in [0.25, 0.3) is 0 Å². The second kappa shape index (κ2) is 5.54. The van der Waals surface area contributed by atoms with Crippen molar-refractivity contribution < 1.29 is 14.8 Å². The second-order valence-electron chi connectivity index (χ2n) is 4.06. The smallest absolute Gasteiger partial charge is 0.320 e. The van der Waals surface area contributed by atoms with Gasteiger partial charge in [-0.05, 0) is 20.8 Å². The van der Waals surface area contributed by atoms with E-state index >= 15 is 0 Å². The van der Waals surface area contributed by atoms with Crippen LogP contribution >= 0.6 is 0 Å². The Morgan fingerprint density at radius 1 is 1.61 bits per heavy atom. The number of aryl methyl sites for hydroxylation is 1. The van der Waals surface area contributed by atoms with Crippen LogP contribution in [0.3, 0.4) is 0 Å². The van der Waals surface area contributed by atoms with Gasteiger partial charge in [0, 0.05) is 23.9 Å². The summed E-state index contributed by atoms with van der Waals surface area (Å²) in [5.41, 5.74) is 1.47. The molecule has 0 aliphatic carbocycles. The number of hydrogen-bond acceptors (Lipinski definition) is 5. The summed E-state index contributed by atoms with van der Waals surface area (Å²) in [5.74, 6) is -0.978. The Bertz CT molecular complexity index is 487. The van der Waals surface area contributed by atoms with E-state index in [4.69, 9.17) is 5.11 Å². The predicted molar refractivity (Wildman–Crippen MR) is 64.3 cm³/mol. The highest BCUT2D eigenvalue weighted by molar-refractivity contribution is 5.72. The Balaban J connectivity index is 2.95. The van der Waals surface area contributed by atoms with E-state index in [-0.39, 0.29) is 12.2 Å². The average Bonchev–Trinajstić information content (AvgIpc) is 2.27. The van der Waals surface area contributed by atoms with Gasteiger partial charge in [-0.15, -0.1) is 0 Å². The molecule has 1 heterocycles. The Morgan fingerprint density at radius 2 is 2.22 bits per heavy atom. The molecule has 1 aromatic heterocycles. The molecule has 18 heavy (non-hydrogen) atoms. The lowest BCUT2D eigenvalue weighted by Gasteiger charge is -2.11. The first-order valence-electron chi connectivity index (χ1n) is 5.40. The van der Waals surface area contributed by atoms with Gasteiger partial charge in [-0.2, -0.15) is 0 Å². The Labute approximate surface area is 104 Å². The van der Waals surface area contributed by atoms with Crippen LogP contribution in [0.4, 0.5) is 5.69 Å². The molecule has 0 amide bonds. The number of carboxylic acid groups (broad SMARTS) is 1. The SMILES string of the molecule is Cc1cnc(CN[C@@H](C)C(=O)O)c(C)c1[N+](=O)[O-]. The van der Waals surface area contributed by atoms with E-state index in [1.54, 1.807) is 13.8 Å². The minimum absolute atomic E-state index is 0.0322. The zero-order chi connectivity index (χ0) is 13.9. The lowest BCUT2D eigenvalue weighted by atomic mass is 10.1. The van der Waals surface area contributed by atoms with Crippen LogP contribution in [0.1, 0.15) is 23.7 Å². The van der Waals surface area contributed by atoms with Crippen molar-refractivity contribution in [3.05, 3.63) is 33.1 Å². The molecular weight excluding hydrogens is 238 g/mol. The van der Waals surface area contributed by atoms with Crippen LogP contribution in [0, 0.1) is 24.0 Å².